The van der Waals surface area contributed by atoms with Gasteiger partial charge in [0.2, 0.25) is 0 Å². The third kappa shape index (κ3) is 3.45. The Morgan fingerprint density at radius 2 is 2.10 bits per heavy atom. The Morgan fingerprint density at radius 1 is 1.29 bits per heavy atom. The van der Waals surface area contributed by atoms with Gasteiger partial charge in [-0.1, -0.05) is 29.8 Å². The average Bonchev–Trinajstić information content (AvgIpc) is 3.21. The van der Waals surface area contributed by atoms with E-state index in [1.54, 1.807) is 35.7 Å². The van der Waals surface area contributed by atoms with Gasteiger partial charge in [0.15, 0.2) is 11.6 Å². The number of para-hydroxylation sites is 1. The van der Waals surface area contributed by atoms with Gasteiger partial charge in [0, 0.05) is 5.71 Å². The van der Waals surface area contributed by atoms with E-state index in [0.717, 1.165) is 31.4 Å². The molecule has 1 unspecified atom stereocenters. The van der Waals surface area contributed by atoms with Gasteiger partial charge in [-0.25, -0.2) is 0 Å². The van der Waals surface area contributed by atoms with Gasteiger partial charge >= 0.3 is 0 Å². The molecule has 1 atom stereocenters. The molecular formula is C21H22N4O4S2. The van der Waals surface area contributed by atoms with Crippen molar-refractivity contribution in [1.82, 2.24) is 4.68 Å². The van der Waals surface area contributed by atoms with Gasteiger partial charge in [0.05, 0.1) is 15.9 Å². The van der Waals surface area contributed by atoms with Crippen molar-refractivity contribution in [3.8, 4) is 5.75 Å². The van der Waals surface area contributed by atoms with Gasteiger partial charge in [-0.3, -0.25) is 13.9 Å². The van der Waals surface area contributed by atoms with Crippen LogP contribution in [0.3, 0.4) is 0 Å². The maximum Gasteiger partial charge on any atom is 0.286 e. The Bertz CT molecular complexity index is 1310. The fourth-order valence-electron chi connectivity index (χ4n) is 4.13. The van der Waals surface area contributed by atoms with Crippen molar-refractivity contribution in [2.45, 2.75) is 37.5 Å². The molecule has 0 spiro atoms. The molecule has 1 aliphatic carbocycles. The summed E-state index contributed by atoms with van der Waals surface area (Å²) < 4.78 is 27.0. The fraction of sp³-hybridized carbons (Fsp3) is 0.286. The van der Waals surface area contributed by atoms with Crippen molar-refractivity contribution in [2.75, 3.05) is 5.32 Å². The zero-order chi connectivity index (χ0) is 21.8. The molecule has 2 aliphatic rings. The normalized spacial score (nSPS) is 22.6. The Kier molecular flexibility index (Phi) is 4.89. The second kappa shape index (κ2) is 7.49. The van der Waals surface area contributed by atoms with Crippen molar-refractivity contribution in [2.24, 2.45) is 15.4 Å². The second-order valence-corrected chi connectivity index (χ2v) is 10.5. The molecule has 2 aromatic heterocycles. The van der Waals surface area contributed by atoms with E-state index in [0.29, 0.717) is 21.8 Å². The van der Waals surface area contributed by atoms with E-state index < -0.39 is 16.3 Å². The van der Waals surface area contributed by atoms with E-state index in [4.69, 9.17) is 0 Å². The van der Waals surface area contributed by atoms with E-state index in [9.17, 15) is 19.0 Å². The number of aromatic nitrogens is 1. The molecule has 1 saturated carbocycles. The summed E-state index contributed by atoms with van der Waals surface area (Å²) in [5, 5.41) is 20.4. The zero-order valence-corrected chi connectivity index (χ0v) is 18.4. The third-order valence-electron chi connectivity index (χ3n) is 5.61. The molecule has 0 saturated heterocycles. The highest BCUT2D eigenvalue weighted by atomic mass is 32.3. The van der Waals surface area contributed by atoms with Crippen molar-refractivity contribution in [3.05, 3.63) is 51.6 Å². The van der Waals surface area contributed by atoms with Crippen LogP contribution in [0.1, 0.15) is 38.2 Å². The van der Waals surface area contributed by atoms with Crippen LogP contribution in [-0.2, 0) is 0 Å². The largest absolute Gasteiger partial charge is 0.505 e. The molecule has 0 bridgehead atoms. The summed E-state index contributed by atoms with van der Waals surface area (Å²) in [6, 6.07) is 8.40. The molecule has 4 N–H and O–H groups in total. The number of pyridine rings is 1. The Hall–Kier alpha value is -2.66. The lowest BCUT2D eigenvalue weighted by Crippen LogP contribution is -2.31. The first-order chi connectivity index (χ1) is 14.8. The minimum absolute atomic E-state index is 0.0811. The maximum atomic E-state index is 13.5. The Morgan fingerprint density at radius 3 is 2.90 bits per heavy atom. The van der Waals surface area contributed by atoms with E-state index in [1.807, 2.05) is 0 Å². The van der Waals surface area contributed by atoms with Gasteiger partial charge in [-0.05, 0) is 55.2 Å². The second-order valence-electron chi connectivity index (χ2n) is 7.92. The summed E-state index contributed by atoms with van der Waals surface area (Å²) in [5.41, 5.74) is 1.20. The number of hydrogen-bond donors (Lipinski definition) is 4. The summed E-state index contributed by atoms with van der Waals surface area (Å²) >= 11 is 1.28. The van der Waals surface area contributed by atoms with Crippen LogP contribution in [-0.4, -0.2) is 30.4 Å². The van der Waals surface area contributed by atoms with Crippen LogP contribution >= 0.6 is 22.1 Å². The van der Waals surface area contributed by atoms with E-state index >= 15 is 0 Å². The molecule has 3 heterocycles. The highest BCUT2D eigenvalue weighted by molar-refractivity contribution is 8.23. The first-order valence-electron chi connectivity index (χ1n) is 10.0. The first kappa shape index (κ1) is 20.3. The number of rotatable bonds is 2. The number of aromatic hydroxyl groups is 1. The Balaban J connectivity index is 1.72. The van der Waals surface area contributed by atoms with Crippen LogP contribution < -0.4 is 10.9 Å². The molecule has 3 aromatic rings. The lowest BCUT2D eigenvalue weighted by molar-refractivity contribution is 0.478. The molecule has 10 heteroatoms. The highest BCUT2D eigenvalue weighted by Gasteiger charge is 2.30. The zero-order valence-electron chi connectivity index (χ0n) is 16.8. The smallest absolute Gasteiger partial charge is 0.286 e. The van der Waals surface area contributed by atoms with Gasteiger partial charge < -0.3 is 10.4 Å². The molecule has 1 fully saturated rings. The van der Waals surface area contributed by atoms with Crippen LogP contribution in [0.5, 0.6) is 5.75 Å². The van der Waals surface area contributed by atoms with Crippen molar-refractivity contribution in [1.29, 1.82) is 0 Å². The predicted molar refractivity (Wildman–Crippen MR) is 126 cm³/mol. The lowest BCUT2D eigenvalue weighted by Gasteiger charge is -2.34. The number of fused-ring (bicyclic) bond motifs is 2. The summed E-state index contributed by atoms with van der Waals surface area (Å²) in [4.78, 5) is 13.7. The number of nitrogens with zero attached hydrogens (tertiary/aromatic N) is 3. The number of hydrogen-bond acceptors (Lipinski definition) is 8. The van der Waals surface area contributed by atoms with Crippen LogP contribution in [0.2, 0.25) is 0 Å². The van der Waals surface area contributed by atoms with Crippen molar-refractivity contribution >= 4 is 49.6 Å². The number of amidine groups is 1. The predicted octanol–water partition coefficient (Wildman–Crippen LogP) is 5.08. The first-order valence-corrected chi connectivity index (χ1v) is 12.4. The maximum absolute atomic E-state index is 13.5. The summed E-state index contributed by atoms with van der Waals surface area (Å²) in [6.45, 7) is 2.17. The molecule has 5 rings (SSSR count). The molecule has 162 valence electrons. The SMILES string of the molecule is CC1CCCC(=Nn2c(=O)c(C3=NS(O)(O)c4ccccc4N3)c(O)c3sccc32)C1. The number of anilines is 1. The van der Waals surface area contributed by atoms with Gasteiger partial charge in [0.25, 0.3) is 5.56 Å². The lowest BCUT2D eigenvalue weighted by atomic mass is 9.89. The number of thiophene rings is 1. The third-order valence-corrected chi connectivity index (χ3v) is 7.90. The van der Waals surface area contributed by atoms with Crippen LogP contribution in [0.4, 0.5) is 5.69 Å². The van der Waals surface area contributed by atoms with Crippen LogP contribution in [0.15, 0.2) is 54.9 Å². The number of benzene rings is 1. The van der Waals surface area contributed by atoms with Gasteiger partial charge in [-0.15, -0.1) is 15.7 Å². The molecule has 0 radical (unpaired) electrons. The minimum atomic E-state index is -3.53. The molecule has 8 nitrogen and oxygen atoms in total. The average molecular weight is 459 g/mol. The number of nitrogens with one attached hydrogen (secondary N) is 1. The summed E-state index contributed by atoms with van der Waals surface area (Å²) in [5.74, 6) is 0.179. The standard InChI is InChI=1S/C21H22N4O4S2/c1-12-5-4-6-13(11-12)23-25-15-9-10-30-19(15)18(26)17(21(25)27)20-22-14-7-2-3-8-16(14)31(28,29)24-20/h2-3,7-10,12,26,28-29H,4-6,11H2,1H3,(H,22,24). The van der Waals surface area contributed by atoms with Crippen molar-refractivity contribution in [3.63, 3.8) is 0 Å². The van der Waals surface area contributed by atoms with E-state index in [-0.39, 0.29) is 22.0 Å². The molecule has 1 aromatic carbocycles. The van der Waals surface area contributed by atoms with E-state index in [1.165, 1.54) is 16.0 Å². The highest BCUT2D eigenvalue weighted by Crippen LogP contribution is 2.55. The molecule has 1 aliphatic heterocycles. The van der Waals surface area contributed by atoms with Gasteiger partial charge in [0.1, 0.15) is 10.5 Å². The summed E-state index contributed by atoms with van der Waals surface area (Å²) in [6.07, 6.45) is 3.81. The Labute approximate surface area is 184 Å². The van der Waals surface area contributed by atoms with E-state index in [2.05, 4.69) is 21.7 Å². The monoisotopic (exact) mass is 458 g/mol. The quantitative estimate of drug-likeness (QED) is 0.427. The fourth-order valence-corrected chi connectivity index (χ4v) is 6.11. The van der Waals surface area contributed by atoms with Crippen LogP contribution in [0.25, 0.3) is 10.2 Å². The molecule has 0 amide bonds. The minimum Gasteiger partial charge on any atom is -0.505 e. The van der Waals surface area contributed by atoms with Crippen molar-refractivity contribution < 1.29 is 14.2 Å². The van der Waals surface area contributed by atoms with Gasteiger partial charge in [-0.2, -0.15) is 9.78 Å². The molecule has 31 heavy (non-hydrogen) atoms. The molecular weight excluding hydrogens is 436 g/mol. The topological polar surface area (TPSA) is 119 Å². The van der Waals surface area contributed by atoms with Crippen LogP contribution in [0, 0.1) is 5.92 Å². The summed E-state index contributed by atoms with van der Waals surface area (Å²) in [7, 11) is -3.53.